The lowest BCUT2D eigenvalue weighted by atomic mass is 9.99. The number of carbonyl (C=O) groups excluding carboxylic acids is 1. The third-order valence-electron chi connectivity index (χ3n) is 6.59. The molecule has 2 aromatic carbocycles. The fourth-order valence-corrected chi connectivity index (χ4v) is 6.21. The van der Waals surface area contributed by atoms with Crippen LogP contribution in [0.15, 0.2) is 48.5 Å². The summed E-state index contributed by atoms with van der Waals surface area (Å²) in [5.41, 5.74) is -1.15. The Kier molecular flexibility index (Phi) is 7.61. The lowest BCUT2D eigenvalue weighted by Gasteiger charge is -2.31. The zero-order valence-corrected chi connectivity index (χ0v) is 21.3. The number of rotatable bonds is 5. The summed E-state index contributed by atoms with van der Waals surface area (Å²) in [5.74, 6) is -0.634. The van der Waals surface area contributed by atoms with E-state index in [0.29, 0.717) is 29.9 Å². The first kappa shape index (κ1) is 26.4. The number of nitrogens with zero attached hydrogens (tertiary/aromatic N) is 2. The highest BCUT2D eigenvalue weighted by molar-refractivity contribution is 7.85. The first-order valence-electron chi connectivity index (χ1n) is 11.4. The molecule has 0 atom stereocenters. The van der Waals surface area contributed by atoms with Crippen molar-refractivity contribution in [1.29, 1.82) is 0 Å². The molecule has 1 aromatic heterocycles. The van der Waals surface area contributed by atoms with Crippen LogP contribution in [-0.2, 0) is 23.5 Å². The molecule has 3 aromatic rings. The van der Waals surface area contributed by atoms with Gasteiger partial charge in [-0.25, -0.2) is 4.39 Å². The van der Waals surface area contributed by atoms with E-state index in [1.807, 2.05) is 0 Å². The average Bonchev–Trinajstić information content (AvgIpc) is 3.11. The van der Waals surface area contributed by atoms with Crippen LogP contribution < -0.4 is 0 Å². The van der Waals surface area contributed by atoms with Gasteiger partial charge in [0.25, 0.3) is 5.91 Å². The number of aromatic nitrogens is 1. The number of alkyl halides is 3. The molecule has 0 bridgehead atoms. The first-order valence-corrected chi connectivity index (χ1v) is 13.3. The average molecular weight is 541 g/mol. The molecule has 0 N–H and O–H groups in total. The maximum atomic E-state index is 15.1. The van der Waals surface area contributed by atoms with Gasteiger partial charge in [-0.05, 0) is 49.1 Å². The lowest BCUT2D eigenvalue weighted by molar-refractivity contribution is -0.143. The molecule has 36 heavy (non-hydrogen) atoms. The van der Waals surface area contributed by atoms with Crippen LogP contribution in [0.2, 0.25) is 5.02 Å². The Labute approximate surface area is 214 Å². The molecule has 0 spiro atoms. The second-order valence-corrected chi connectivity index (χ2v) is 11.0. The van der Waals surface area contributed by atoms with Crippen LogP contribution in [0.5, 0.6) is 0 Å². The summed E-state index contributed by atoms with van der Waals surface area (Å²) in [6, 6.07) is 11.9. The van der Waals surface area contributed by atoms with Crippen molar-refractivity contribution in [2.45, 2.75) is 38.5 Å². The fraction of sp³-hybridized carbons (Fsp3) is 0.346. The van der Waals surface area contributed by atoms with E-state index >= 15 is 4.39 Å². The summed E-state index contributed by atoms with van der Waals surface area (Å²) in [6.45, 7) is 1.03. The molecule has 4 rings (SSSR count). The van der Waals surface area contributed by atoms with Crippen molar-refractivity contribution >= 4 is 28.3 Å². The topological polar surface area (TPSA) is 42.3 Å². The van der Waals surface area contributed by atoms with Crippen LogP contribution in [0.1, 0.15) is 40.2 Å². The van der Waals surface area contributed by atoms with Crippen LogP contribution in [-0.4, -0.2) is 44.2 Å². The van der Waals surface area contributed by atoms with E-state index < -0.39 is 34.4 Å². The zero-order chi connectivity index (χ0) is 26.2. The second-order valence-electron chi connectivity index (χ2n) is 8.89. The van der Waals surface area contributed by atoms with Crippen molar-refractivity contribution in [3.63, 3.8) is 0 Å². The monoisotopic (exact) mass is 540 g/mol. The SMILES string of the molecule is Cc1c(-c2ccc(Cl)cc2F)c(C(=O)N(C)C2CCS(=O)CC2)n(Cc2ccccc2)c1C(F)(F)F. The molecule has 2 heterocycles. The van der Waals surface area contributed by atoms with E-state index in [-0.39, 0.29) is 40.0 Å². The largest absolute Gasteiger partial charge is 0.431 e. The number of carbonyl (C=O) groups is 1. The highest BCUT2D eigenvalue weighted by Gasteiger charge is 2.42. The van der Waals surface area contributed by atoms with Crippen LogP contribution >= 0.6 is 11.6 Å². The molecule has 10 heteroatoms. The fourth-order valence-electron chi connectivity index (χ4n) is 4.78. The number of amides is 1. The van der Waals surface area contributed by atoms with Gasteiger partial charge in [-0.1, -0.05) is 41.9 Å². The van der Waals surface area contributed by atoms with E-state index in [1.165, 1.54) is 31.0 Å². The van der Waals surface area contributed by atoms with Gasteiger partial charge in [-0.2, -0.15) is 13.2 Å². The molecular weight excluding hydrogens is 516 g/mol. The third kappa shape index (κ3) is 5.22. The molecule has 0 saturated carbocycles. The Bertz CT molecular complexity index is 1300. The van der Waals surface area contributed by atoms with E-state index in [1.54, 1.807) is 30.3 Å². The highest BCUT2D eigenvalue weighted by Crippen LogP contribution is 2.43. The van der Waals surface area contributed by atoms with E-state index in [2.05, 4.69) is 0 Å². The van der Waals surface area contributed by atoms with E-state index in [0.717, 1.165) is 10.6 Å². The smallest absolute Gasteiger partial charge is 0.337 e. The molecule has 1 amide bonds. The third-order valence-corrected chi connectivity index (χ3v) is 8.20. The summed E-state index contributed by atoms with van der Waals surface area (Å²) in [4.78, 5) is 15.3. The van der Waals surface area contributed by atoms with Gasteiger partial charge >= 0.3 is 6.18 Å². The molecule has 1 aliphatic heterocycles. The molecule has 192 valence electrons. The van der Waals surface area contributed by atoms with Gasteiger partial charge in [0.2, 0.25) is 0 Å². The van der Waals surface area contributed by atoms with Crippen molar-refractivity contribution in [1.82, 2.24) is 9.47 Å². The minimum absolute atomic E-state index is 0.0915. The van der Waals surface area contributed by atoms with Gasteiger partial charge < -0.3 is 9.47 Å². The molecule has 1 saturated heterocycles. The summed E-state index contributed by atoms with van der Waals surface area (Å²) >= 11 is 5.90. The zero-order valence-electron chi connectivity index (χ0n) is 19.7. The number of hydrogen-bond acceptors (Lipinski definition) is 2. The standard InChI is InChI=1S/C26H25ClF4N2O2S/c1-16-22(20-9-8-18(27)14-21(20)28)23(25(34)32(2)19-10-12-36(35)13-11-19)33(24(16)26(29,30)31)15-17-6-4-3-5-7-17/h3-9,14,19H,10-13,15H2,1-2H3. The number of benzene rings is 2. The Morgan fingerprint density at radius 3 is 2.36 bits per heavy atom. The number of halogens is 5. The van der Waals surface area contributed by atoms with Crippen molar-refractivity contribution < 1.29 is 26.6 Å². The highest BCUT2D eigenvalue weighted by atomic mass is 35.5. The minimum Gasteiger partial charge on any atom is -0.337 e. The predicted octanol–water partition coefficient (Wildman–Crippen LogP) is 6.31. The summed E-state index contributed by atoms with van der Waals surface area (Å²) in [5, 5.41) is 0.0915. The Morgan fingerprint density at radius 2 is 1.78 bits per heavy atom. The van der Waals surface area contributed by atoms with Crippen LogP contribution in [0.4, 0.5) is 17.6 Å². The van der Waals surface area contributed by atoms with Gasteiger partial charge in [0.1, 0.15) is 17.2 Å². The van der Waals surface area contributed by atoms with Crippen molar-refractivity contribution in [3.05, 3.63) is 81.9 Å². The molecule has 0 radical (unpaired) electrons. The van der Waals surface area contributed by atoms with Crippen LogP contribution in [0.25, 0.3) is 11.1 Å². The van der Waals surface area contributed by atoms with Gasteiger partial charge in [0, 0.05) is 58.1 Å². The Hall–Kier alpha value is -2.65. The molecule has 1 aliphatic rings. The van der Waals surface area contributed by atoms with Crippen LogP contribution in [0, 0.1) is 12.7 Å². The summed E-state index contributed by atoms with van der Waals surface area (Å²) in [7, 11) is 0.563. The molecule has 0 aliphatic carbocycles. The molecule has 0 unspecified atom stereocenters. The number of hydrogen-bond donors (Lipinski definition) is 0. The van der Waals surface area contributed by atoms with Crippen molar-refractivity contribution in [2.24, 2.45) is 0 Å². The van der Waals surface area contributed by atoms with Gasteiger partial charge in [0.15, 0.2) is 0 Å². The van der Waals surface area contributed by atoms with Gasteiger partial charge in [-0.15, -0.1) is 0 Å². The predicted molar refractivity (Wildman–Crippen MR) is 133 cm³/mol. The summed E-state index contributed by atoms with van der Waals surface area (Å²) in [6.07, 6.45) is -3.84. The van der Waals surface area contributed by atoms with Gasteiger partial charge in [0.05, 0.1) is 0 Å². The first-order chi connectivity index (χ1) is 17.0. The molecule has 1 fully saturated rings. The Morgan fingerprint density at radius 1 is 1.14 bits per heavy atom. The second kappa shape index (κ2) is 10.4. The van der Waals surface area contributed by atoms with Crippen LogP contribution in [0.3, 0.4) is 0 Å². The van der Waals surface area contributed by atoms with Crippen molar-refractivity contribution in [2.75, 3.05) is 18.6 Å². The van der Waals surface area contributed by atoms with E-state index in [9.17, 15) is 22.2 Å². The Balaban J connectivity index is 1.96. The van der Waals surface area contributed by atoms with E-state index in [4.69, 9.17) is 11.6 Å². The minimum atomic E-state index is -4.80. The lowest BCUT2D eigenvalue weighted by Crippen LogP contribution is -2.42. The maximum absolute atomic E-state index is 15.1. The molecule has 4 nitrogen and oxygen atoms in total. The summed E-state index contributed by atoms with van der Waals surface area (Å²) < 4.78 is 71.2. The quantitative estimate of drug-likeness (QED) is 0.356. The normalized spacial score (nSPS) is 18.3. The molecular formula is C26H25ClF4N2O2S. The maximum Gasteiger partial charge on any atom is 0.431 e. The van der Waals surface area contributed by atoms with Gasteiger partial charge in [-0.3, -0.25) is 9.00 Å². The van der Waals surface area contributed by atoms with Crippen molar-refractivity contribution in [3.8, 4) is 11.1 Å².